The van der Waals surface area contributed by atoms with Gasteiger partial charge in [0.25, 0.3) is 0 Å². The molecule has 1 saturated carbocycles. The van der Waals surface area contributed by atoms with Gasteiger partial charge in [-0.05, 0) is 63.3 Å². The molecule has 0 unspecified atom stereocenters. The molecular formula is C22H31N6O3+. The first-order chi connectivity index (χ1) is 15.1. The molecule has 0 aliphatic heterocycles. The van der Waals surface area contributed by atoms with Gasteiger partial charge in [-0.3, -0.25) is 4.98 Å². The van der Waals surface area contributed by atoms with E-state index in [9.17, 15) is 5.11 Å². The monoisotopic (exact) mass is 427 g/mol. The molecule has 31 heavy (non-hydrogen) atoms. The van der Waals surface area contributed by atoms with Crippen LogP contribution in [0.2, 0.25) is 0 Å². The molecule has 1 aliphatic carbocycles. The summed E-state index contributed by atoms with van der Waals surface area (Å²) in [6.07, 6.45) is 5.03. The fourth-order valence-corrected chi connectivity index (χ4v) is 3.80. The Labute approximate surface area is 181 Å². The van der Waals surface area contributed by atoms with Crippen molar-refractivity contribution in [2.75, 3.05) is 30.5 Å². The quantitative estimate of drug-likeness (QED) is 0.388. The second kappa shape index (κ2) is 9.93. The van der Waals surface area contributed by atoms with Crippen LogP contribution >= 0.6 is 0 Å². The molecular weight excluding hydrogens is 396 g/mol. The Kier molecular flexibility index (Phi) is 6.83. The molecule has 0 saturated heterocycles. The predicted molar refractivity (Wildman–Crippen MR) is 119 cm³/mol. The molecule has 0 spiro atoms. The number of hydrogen-bond acceptors (Lipinski definition) is 7. The number of fused-ring (bicyclic) bond motifs is 1. The molecule has 9 heteroatoms. The number of ether oxygens (including phenoxy) is 2. The van der Waals surface area contributed by atoms with E-state index < -0.39 is 0 Å². The van der Waals surface area contributed by atoms with Gasteiger partial charge in [0.05, 0.1) is 12.7 Å². The van der Waals surface area contributed by atoms with Gasteiger partial charge in [0, 0.05) is 18.3 Å². The van der Waals surface area contributed by atoms with Crippen molar-refractivity contribution >= 4 is 28.6 Å². The molecule has 2 heterocycles. The Morgan fingerprint density at radius 2 is 2.03 bits per heavy atom. The summed E-state index contributed by atoms with van der Waals surface area (Å²) in [6, 6.07) is 6.17. The van der Waals surface area contributed by atoms with Gasteiger partial charge in [0.2, 0.25) is 5.52 Å². The van der Waals surface area contributed by atoms with Gasteiger partial charge >= 0.3 is 11.6 Å². The molecule has 1 aromatic carbocycles. The summed E-state index contributed by atoms with van der Waals surface area (Å²) in [5.74, 6) is 2.07. The van der Waals surface area contributed by atoms with E-state index in [0.29, 0.717) is 25.8 Å². The fourth-order valence-electron chi connectivity index (χ4n) is 3.80. The largest absolute Gasteiger partial charge is 0.491 e. The molecule has 166 valence electrons. The summed E-state index contributed by atoms with van der Waals surface area (Å²) in [5, 5.41) is 16.6. The summed E-state index contributed by atoms with van der Waals surface area (Å²) in [6.45, 7) is 5.78. The maximum atomic E-state index is 9.77. The van der Waals surface area contributed by atoms with Crippen molar-refractivity contribution in [2.24, 2.45) is 0 Å². The average molecular weight is 428 g/mol. The van der Waals surface area contributed by atoms with E-state index in [-0.39, 0.29) is 12.1 Å². The lowest BCUT2D eigenvalue weighted by atomic mass is 9.93. The van der Waals surface area contributed by atoms with Gasteiger partial charge in [-0.2, -0.15) is 4.98 Å². The van der Waals surface area contributed by atoms with Crippen LogP contribution in [0.1, 0.15) is 38.2 Å². The number of anilines is 3. The topological polar surface area (TPSA) is 118 Å². The molecule has 0 amide bonds. The number of rotatable bonds is 9. The number of aromatic amines is 2. The summed E-state index contributed by atoms with van der Waals surface area (Å²) in [4.78, 5) is 15.6. The second-order valence-corrected chi connectivity index (χ2v) is 7.85. The molecule has 2 aromatic heterocycles. The van der Waals surface area contributed by atoms with Crippen molar-refractivity contribution in [1.29, 1.82) is 0 Å². The Balaban J connectivity index is 1.48. The Morgan fingerprint density at radius 1 is 1.19 bits per heavy atom. The van der Waals surface area contributed by atoms with E-state index >= 15 is 0 Å². The van der Waals surface area contributed by atoms with Crippen molar-refractivity contribution in [2.45, 2.75) is 51.7 Å². The Morgan fingerprint density at radius 3 is 2.81 bits per heavy atom. The summed E-state index contributed by atoms with van der Waals surface area (Å²) in [5.41, 5.74) is 3.51. The standard InChI is InChI=1S/C22H30N6O3/c1-3-30-10-11-31-17-8-9-18(14(2)12-17)26-22-27-20-19(23-13-24-20)21(28-22)25-15-4-6-16(29)7-5-15/h8-9,12-13,15-16,29H,3-7,10-11H2,1-2H3,(H3,23,24,25,26,27,28)/p+1. The summed E-state index contributed by atoms with van der Waals surface area (Å²) >= 11 is 0. The van der Waals surface area contributed by atoms with E-state index in [1.165, 1.54) is 0 Å². The number of aromatic nitrogens is 4. The van der Waals surface area contributed by atoms with Crippen molar-refractivity contribution in [3.8, 4) is 5.75 Å². The Hall–Kier alpha value is -2.91. The van der Waals surface area contributed by atoms with E-state index in [0.717, 1.165) is 59.7 Å². The van der Waals surface area contributed by atoms with E-state index in [1.54, 1.807) is 6.33 Å². The molecule has 0 bridgehead atoms. The first-order valence-corrected chi connectivity index (χ1v) is 10.9. The molecule has 1 aliphatic rings. The Bertz CT molecular complexity index is 1000. The maximum Gasteiger partial charge on any atom is 0.307 e. The van der Waals surface area contributed by atoms with Gasteiger partial charge < -0.3 is 25.2 Å². The van der Waals surface area contributed by atoms with Crippen LogP contribution in [0.25, 0.3) is 11.2 Å². The van der Waals surface area contributed by atoms with Crippen molar-refractivity contribution in [3.63, 3.8) is 0 Å². The van der Waals surface area contributed by atoms with E-state index in [4.69, 9.17) is 14.5 Å². The van der Waals surface area contributed by atoms with Gasteiger partial charge in [-0.15, -0.1) is 0 Å². The maximum absolute atomic E-state index is 9.77. The van der Waals surface area contributed by atoms with Crippen LogP contribution in [0.3, 0.4) is 0 Å². The zero-order valence-electron chi connectivity index (χ0n) is 18.1. The molecule has 5 N–H and O–H groups in total. The van der Waals surface area contributed by atoms with Crippen LogP contribution in [0.4, 0.5) is 17.5 Å². The fraction of sp³-hybridized carbons (Fsp3) is 0.500. The molecule has 1 fully saturated rings. The lowest BCUT2D eigenvalue weighted by Crippen LogP contribution is -2.28. The minimum absolute atomic E-state index is 0.186. The molecule has 0 atom stereocenters. The third kappa shape index (κ3) is 5.42. The van der Waals surface area contributed by atoms with Crippen LogP contribution in [0.5, 0.6) is 5.75 Å². The second-order valence-electron chi connectivity index (χ2n) is 7.85. The highest BCUT2D eigenvalue weighted by molar-refractivity contribution is 5.82. The predicted octanol–water partition coefficient (Wildman–Crippen LogP) is 2.95. The third-order valence-electron chi connectivity index (χ3n) is 5.52. The molecule has 4 rings (SSSR count). The third-order valence-corrected chi connectivity index (χ3v) is 5.52. The van der Waals surface area contributed by atoms with Crippen LogP contribution in [-0.4, -0.2) is 52.0 Å². The normalized spacial score (nSPS) is 18.8. The minimum Gasteiger partial charge on any atom is -0.491 e. The van der Waals surface area contributed by atoms with Crippen molar-refractivity contribution in [1.82, 2.24) is 15.0 Å². The molecule has 0 radical (unpaired) electrons. The number of benzene rings is 1. The van der Waals surface area contributed by atoms with E-state index in [1.807, 2.05) is 32.0 Å². The van der Waals surface area contributed by atoms with Crippen LogP contribution in [0, 0.1) is 6.92 Å². The number of imidazole rings is 1. The highest BCUT2D eigenvalue weighted by atomic mass is 16.5. The summed E-state index contributed by atoms with van der Waals surface area (Å²) in [7, 11) is 0. The molecule has 9 nitrogen and oxygen atoms in total. The minimum atomic E-state index is -0.186. The zero-order valence-corrected chi connectivity index (χ0v) is 18.1. The lowest BCUT2D eigenvalue weighted by Gasteiger charge is -2.26. The van der Waals surface area contributed by atoms with Gasteiger partial charge in [-0.1, -0.05) is 4.98 Å². The lowest BCUT2D eigenvalue weighted by molar-refractivity contribution is -0.347. The molecule has 3 aromatic rings. The highest BCUT2D eigenvalue weighted by Gasteiger charge is 2.23. The van der Waals surface area contributed by atoms with E-state index in [2.05, 4.69) is 25.6 Å². The highest BCUT2D eigenvalue weighted by Crippen LogP contribution is 2.27. The first kappa shape index (κ1) is 21.3. The zero-order chi connectivity index (χ0) is 21.6. The smallest absolute Gasteiger partial charge is 0.307 e. The summed E-state index contributed by atoms with van der Waals surface area (Å²) < 4.78 is 11.0. The average Bonchev–Trinajstić information content (AvgIpc) is 3.24. The number of H-pyrrole nitrogens is 2. The van der Waals surface area contributed by atoms with Gasteiger partial charge in [0.15, 0.2) is 12.1 Å². The number of hydrogen-bond donors (Lipinski definition) is 4. The number of nitrogens with one attached hydrogen (secondary N) is 4. The number of aliphatic hydroxyl groups is 1. The first-order valence-electron chi connectivity index (χ1n) is 10.9. The number of aliphatic hydroxyl groups excluding tert-OH is 1. The van der Waals surface area contributed by atoms with Crippen molar-refractivity contribution < 1.29 is 19.6 Å². The van der Waals surface area contributed by atoms with Crippen LogP contribution < -0.4 is 20.4 Å². The van der Waals surface area contributed by atoms with Crippen LogP contribution in [0.15, 0.2) is 24.5 Å². The SMILES string of the molecule is CCOCCOc1ccc(Nc2nc(NC3CCC(O)CC3)c3[nH]c[nH+]c3n2)c(C)c1. The van der Waals surface area contributed by atoms with Gasteiger partial charge in [-0.25, -0.2) is 4.98 Å². The van der Waals surface area contributed by atoms with Crippen LogP contribution in [-0.2, 0) is 4.74 Å². The number of nitrogens with zero attached hydrogens (tertiary/aromatic N) is 2. The number of aryl methyl sites for hydroxylation is 1. The van der Waals surface area contributed by atoms with Crippen molar-refractivity contribution in [3.05, 3.63) is 30.1 Å². The van der Waals surface area contributed by atoms with Gasteiger partial charge in [0.1, 0.15) is 12.4 Å².